The third-order valence-corrected chi connectivity index (χ3v) is 5.47. The summed E-state index contributed by atoms with van der Waals surface area (Å²) in [5.41, 5.74) is 3.88. The Bertz CT molecular complexity index is 1120. The van der Waals surface area contributed by atoms with E-state index in [1.54, 1.807) is 36.4 Å². The van der Waals surface area contributed by atoms with Crippen molar-refractivity contribution in [1.29, 1.82) is 0 Å². The van der Waals surface area contributed by atoms with Crippen LogP contribution in [0.2, 0.25) is 10.0 Å². The van der Waals surface area contributed by atoms with Crippen LogP contribution in [0.5, 0.6) is 11.5 Å². The number of benzene rings is 2. The summed E-state index contributed by atoms with van der Waals surface area (Å²) in [5, 5.41) is 16.0. The van der Waals surface area contributed by atoms with Crippen molar-refractivity contribution in [3.63, 3.8) is 0 Å². The molecule has 1 heterocycles. The van der Waals surface area contributed by atoms with Crippen LogP contribution in [0.25, 0.3) is 0 Å². The molecule has 32 heavy (non-hydrogen) atoms. The Labute approximate surface area is 198 Å². The number of methoxy groups -OCH3 is 2. The number of nitrogens with two attached hydrogens (primary N) is 1. The maximum absolute atomic E-state index is 12.3. The first-order valence-corrected chi connectivity index (χ1v) is 10.7. The lowest BCUT2D eigenvalue weighted by molar-refractivity contribution is -0.113. The van der Waals surface area contributed by atoms with Crippen molar-refractivity contribution < 1.29 is 14.3 Å². The number of aromatic nitrogens is 3. The van der Waals surface area contributed by atoms with Crippen molar-refractivity contribution >= 4 is 58.7 Å². The van der Waals surface area contributed by atoms with E-state index in [9.17, 15) is 4.79 Å². The molecule has 0 aliphatic heterocycles. The molecule has 0 saturated heterocycles. The quantitative estimate of drug-likeness (QED) is 0.178. The number of anilines is 2. The summed E-state index contributed by atoms with van der Waals surface area (Å²) in [4.78, 5) is 12.3. The van der Waals surface area contributed by atoms with Gasteiger partial charge in [0.2, 0.25) is 11.1 Å². The van der Waals surface area contributed by atoms with E-state index in [2.05, 4.69) is 26.0 Å². The van der Waals surface area contributed by atoms with Crippen LogP contribution in [-0.4, -0.2) is 47.0 Å². The topological polar surface area (TPSA) is 129 Å². The zero-order valence-electron chi connectivity index (χ0n) is 17.0. The molecule has 1 amide bonds. The number of nitrogens with zero attached hydrogens (tertiary/aromatic N) is 4. The molecule has 0 aliphatic rings. The van der Waals surface area contributed by atoms with E-state index >= 15 is 0 Å². The van der Waals surface area contributed by atoms with Crippen LogP contribution < -0.4 is 26.1 Å². The molecule has 0 atom stereocenters. The van der Waals surface area contributed by atoms with Crippen LogP contribution in [-0.2, 0) is 4.79 Å². The maximum Gasteiger partial charge on any atom is 0.264 e. The van der Waals surface area contributed by atoms with Crippen LogP contribution in [0.3, 0.4) is 0 Å². The average molecular weight is 496 g/mol. The van der Waals surface area contributed by atoms with Gasteiger partial charge in [-0.05, 0) is 12.1 Å². The SMILES string of the molecule is COc1cc(NC(=O)CSc2nnc(N/N=C/c3ccc(Cl)cc3Cl)n2N)cc(OC)c1. The van der Waals surface area contributed by atoms with E-state index in [1.807, 2.05) is 0 Å². The number of halogens is 2. The molecule has 0 radical (unpaired) electrons. The summed E-state index contributed by atoms with van der Waals surface area (Å²) >= 11 is 13.1. The number of ether oxygens (including phenoxy) is 2. The van der Waals surface area contributed by atoms with Crippen molar-refractivity contribution in [2.45, 2.75) is 5.16 Å². The number of carbonyl (C=O) groups excluding carboxylic acids is 1. The number of hydrazone groups is 1. The molecule has 1 aromatic heterocycles. The Balaban J connectivity index is 1.56. The average Bonchev–Trinajstić information content (AvgIpc) is 3.12. The van der Waals surface area contributed by atoms with E-state index in [1.165, 1.54) is 25.1 Å². The Hall–Kier alpha value is -3.15. The van der Waals surface area contributed by atoms with Crippen molar-refractivity contribution in [3.8, 4) is 11.5 Å². The second kappa shape index (κ2) is 10.9. The molecule has 0 aliphatic carbocycles. The van der Waals surface area contributed by atoms with Gasteiger partial charge in [0.25, 0.3) is 5.95 Å². The fraction of sp³-hybridized carbons (Fsp3) is 0.158. The normalized spacial score (nSPS) is 10.9. The van der Waals surface area contributed by atoms with Crippen LogP contribution >= 0.6 is 35.0 Å². The minimum atomic E-state index is -0.266. The van der Waals surface area contributed by atoms with Gasteiger partial charge in [0.05, 0.1) is 31.2 Å². The van der Waals surface area contributed by atoms with Crippen LogP contribution in [0, 0.1) is 0 Å². The molecule has 0 spiro atoms. The Morgan fingerprint density at radius 2 is 1.91 bits per heavy atom. The fourth-order valence-corrected chi connectivity index (χ4v) is 3.54. The van der Waals surface area contributed by atoms with Crippen LogP contribution in [0.4, 0.5) is 11.6 Å². The number of hydrogen-bond donors (Lipinski definition) is 3. The first-order chi connectivity index (χ1) is 15.4. The van der Waals surface area contributed by atoms with Gasteiger partial charge in [0.15, 0.2) is 0 Å². The molecule has 10 nitrogen and oxygen atoms in total. The molecule has 13 heteroatoms. The molecule has 0 bridgehead atoms. The molecular weight excluding hydrogens is 477 g/mol. The smallest absolute Gasteiger partial charge is 0.264 e. The van der Waals surface area contributed by atoms with E-state index in [4.69, 9.17) is 38.5 Å². The van der Waals surface area contributed by atoms with Gasteiger partial charge < -0.3 is 20.6 Å². The van der Waals surface area contributed by atoms with E-state index < -0.39 is 0 Å². The zero-order valence-corrected chi connectivity index (χ0v) is 19.3. The van der Waals surface area contributed by atoms with Crippen molar-refractivity contribution in [2.24, 2.45) is 5.10 Å². The molecule has 0 fully saturated rings. The molecule has 3 rings (SSSR count). The number of hydrogen-bond acceptors (Lipinski definition) is 9. The van der Waals surface area contributed by atoms with Gasteiger partial charge in [-0.3, -0.25) is 4.79 Å². The van der Waals surface area contributed by atoms with Crippen LogP contribution in [0.15, 0.2) is 46.7 Å². The highest BCUT2D eigenvalue weighted by molar-refractivity contribution is 7.99. The van der Waals surface area contributed by atoms with E-state index in [0.717, 1.165) is 11.8 Å². The maximum atomic E-state index is 12.3. The monoisotopic (exact) mass is 495 g/mol. The second-order valence-corrected chi connectivity index (χ2v) is 7.94. The summed E-state index contributed by atoms with van der Waals surface area (Å²) in [6.07, 6.45) is 1.50. The molecule has 2 aromatic carbocycles. The van der Waals surface area contributed by atoms with Crippen LogP contribution in [0.1, 0.15) is 5.56 Å². The lowest BCUT2D eigenvalue weighted by atomic mass is 10.2. The van der Waals surface area contributed by atoms with Gasteiger partial charge >= 0.3 is 0 Å². The summed E-state index contributed by atoms with van der Waals surface area (Å²) in [6, 6.07) is 10.1. The van der Waals surface area contributed by atoms with Gasteiger partial charge in [0, 0.05) is 34.5 Å². The number of amides is 1. The Kier molecular flexibility index (Phi) is 8.03. The molecule has 168 valence electrons. The number of nitrogen functional groups attached to an aromatic ring is 1. The summed E-state index contributed by atoms with van der Waals surface area (Å²) in [6.45, 7) is 0. The predicted octanol–water partition coefficient (Wildman–Crippen LogP) is 3.49. The van der Waals surface area contributed by atoms with Gasteiger partial charge in [-0.1, -0.05) is 41.0 Å². The highest BCUT2D eigenvalue weighted by Gasteiger charge is 2.13. The van der Waals surface area contributed by atoms with Gasteiger partial charge in [0.1, 0.15) is 11.5 Å². The lowest BCUT2D eigenvalue weighted by Gasteiger charge is -2.09. The van der Waals surface area contributed by atoms with Gasteiger partial charge in [-0.2, -0.15) is 5.10 Å². The zero-order chi connectivity index (χ0) is 23.1. The van der Waals surface area contributed by atoms with E-state index in [-0.39, 0.29) is 17.6 Å². The summed E-state index contributed by atoms with van der Waals surface area (Å²) < 4.78 is 11.6. The lowest BCUT2D eigenvalue weighted by Crippen LogP contribution is -2.17. The summed E-state index contributed by atoms with van der Waals surface area (Å²) in [7, 11) is 3.06. The minimum Gasteiger partial charge on any atom is -0.497 e. The Morgan fingerprint density at radius 1 is 1.19 bits per heavy atom. The molecule has 3 aromatic rings. The first-order valence-electron chi connectivity index (χ1n) is 9.00. The van der Waals surface area contributed by atoms with Gasteiger partial charge in [-0.25, -0.2) is 10.1 Å². The Morgan fingerprint density at radius 3 is 2.56 bits per heavy atom. The van der Waals surface area contributed by atoms with Crippen molar-refractivity contribution in [3.05, 3.63) is 52.0 Å². The standard InChI is InChI=1S/C19H19Cl2N7O3S/c1-30-14-6-13(7-15(8-14)31-2)24-17(29)10-32-19-27-26-18(28(19)22)25-23-9-11-3-4-12(20)5-16(11)21/h3-9H,10,22H2,1-2H3,(H,24,29)(H,25,26)/b23-9+. The number of rotatable bonds is 9. The highest BCUT2D eigenvalue weighted by atomic mass is 35.5. The fourth-order valence-electron chi connectivity index (χ4n) is 2.42. The third-order valence-electron chi connectivity index (χ3n) is 3.96. The molecule has 4 N–H and O–H groups in total. The van der Waals surface area contributed by atoms with Gasteiger partial charge in [-0.15, -0.1) is 10.2 Å². The first kappa shape index (κ1) is 23.5. The minimum absolute atomic E-state index is 0.0541. The number of thioether (sulfide) groups is 1. The molecular formula is C19H19Cl2N7O3S. The van der Waals surface area contributed by atoms with Crippen molar-refractivity contribution in [2.75, 3.05) is 36.6 Å². The number of nitrogens with one attached hydrogen (secondary N) is 2. The van der Waals surface area contributed by atoms with Crippen molar-refractivity contribution in [1.82, 2.24) is 14.9 Å². The number of carbonyl (C=O) groups is 1. The summed E-state index contributed by atoms with van der Waals surface area (Å²) in [5.74, 6) is 7.07. The third kappa shape index (κ3) is 6.19. The molecule has 0 saturated carbocycles. The second-order valence-electron chi connectivity index (χ2n) is 6.15. The predicted molar refractivity (Wildman–Crippen MR) is 127 cm³/mol. The molecule has 0 unspecified atom stereocenters. The van der Waals surface area contributed by atoms with E-state index in [0.29, 0.717) is 38.0 Å². The highest BCUT2D eigenvalue weighted by Crippen LogP contribution is 2.26. The largest absolute Gasteiger partial charge is 0.497 e.